The summed E-state index contributed by atoms with van der Waals surface area (Å²) in [5, 5.41) is 9.69. The highest BCUT2D eigenvalue weighted by Crippen LogP contribution is 2.32. The molecule has 0 aliphatic carbocycles. The van der Waals surface area contributed by atoms with E-state index in [-0.39, 0.29) is 0 Å². The lowest BCUT2D eigenvalue weighted by Crippen LogP contribution is -1.98. The molecule has 0 aliphatic rings. The van der Waals surface area contributed by atoms with Gasteiger partial charge < -0.3 is 14.6 Å². The first-order valence-corrected chi connectivity index (χ1v) is 7.08. The lowest BCUT2D eigenvalue weighted by molar-refractivity contribution is 0.169. The van der Waals surface area contributed by atoms with Gasteiger partial charge in [-0.3, -0.25) is 4.98 Å². The first-order chi connectivity index (χ1) is 9.63. The average Bonchev–Trinajstić information content (AvgIpc) is 2.49. The number of ether oxygens (including phenoxy) is 2. The fourth-order valence-electron chi connectivity index (χ4n) is 1.68. The van der Waals surface area contributed by atoms with E-state index in [1.54, 1.807) is 25.4 Å². The van der Waals surface area contributed by atoms with Gasteiger partial charge in [-0.2, -0.15) is 0 Å². The number of aliphatic hydroxyl groups excluding tert-OH is 1. The number of aliphatic hydroxyl groups is 1. The second-order valence-electron chi connectivity index (χ2n) is 4.24. The van der Waals surface area contributed by atoms with Crippen LogP contribution < -0.4 is 9.47 Å². The van der Waals surface area contributed by atoms with E-state index < -0.39 is 6.10 Å². The molecule has 4 nitrogen and oxygen atoms in total. The Hall–Kier alpha value is -1.59. The molecule has 20 heavy (non-hydrogen) atoms. The molecular formula is C15H16BrNO3. The molecule has 1 atom stereocenters. The molecule has 1 N–H and O–H groups in total. The number of nitrogens with zero attached hydrogens (tertiary/aromatic N) is 1. The highest BCUT2D eigenvalue weighted by molar-refractivity contribution is 9.10. The summed E-state index contributed by atoms with van der Waals surface area (Å²) in [5.41, 5.74) is 0.647. The number of benzene rings is 1. The zero-order valence-corrected chi connectivity index (χ0v) is 12.9. The van der Waals surface area contributed by atoms with E-state index in [1.165, 1.54) is 0 Å². The van der Waals surface area contributed by atoms with E-state index in [1.807, 2.05) is 25.1 Å². The van der Waals surface area contributed by atoms with Crippen LogP contribution in [0.15, 0.2) is 41.0 Å². The molecule has 1 aromatic heterocycles. The van der Waals surface area contributed by atoms with Crippen molar-refractivity contribution in [3.8, 4) is 17.2 Å². The van der Waals surface area contributed by atoms with Crippen LogP contribution in [-0.2, 0) is 0 Å². The summed E-state index contributed by atoms with van der Waals surface area (Å²) in [6.07, 6.45) is 1.71. The number of hydrogen-bond donors (Lipinski definition) is 1. The number of pyridine rings is 1. The number of methoxy groups -OCH3 is 1. The number of aromatic nitrogens is 1. The minimum atomic E-state index is -0.531. The molecule has 0 saturated carbocycles. The molecule has 5 heteroatoms. The smallest absolute Gasteiger partial charge is 0.145 e. The molecule has 1 unspecified atom stereocenters. The summed E-state index contributed by atoms with van der Waals surface area (Å²) in [6, 6.07) is 9.03. The zero-order valence-electron chi connectivity index (χ0n) is 11.3. The normalized spacial score (nSPS) is 12.0. The van der Waals surface area contributed by atoms with Crippen LogP contribution in [0.3, 0.4) is 0 Å². The van der Waals surface area contributed by atoms with Gasteiger partial charge in [0.2, 0.25) is 0 Å². The molecule has 0 spiro atoms. The molecular weight excluding hydrogens is 322 g/mol. The summed E-state index contributed by atoms with van der Waals surface area (Å²) >= 11 is 3.43. The fraction of sp³-hybridized carbons (Fsp3) is 0.267. The second-order valence-corrected chi connectivity index (χ2v) is 5.10. The highest BCUT2D eigenvalue weighted by atomic mass is 79.9. The van der Waals surface area contributed by atoms with E-state index >= 15 is 0 Å². The van der Waals surface area contributed by atoms with E-state index in [0.717, 1.165) is 10.2 Å². The second kappa shape index (κ2) is 6.72. The maximum absolute atomic E-state index is 9.69. The largest absolute Gasteiger partial charge is 0.497 e. The summed E-state index contributed by atoms with van der Waals surface area (Å²) in [5.74, 6) is 2.04. The molecule has 1 heterocycles. The van der Waals surface area contributed by atoms with Gasteiger partial charge in [0, 0.05) is 0 Å². The Kier molecular flexibility index (Phi) is 4.98. The Labute approximate surface area is 126 Å². The SMILES string of the molecule is CCC(O)c1ccc(Oc2ccc(OC)cc2Br)cn1. The van der Waals surface area contributed by atoms with Crippen molar-refractivity contribution in [2.45, 2.75) is 19.4 Å². The predicted octanol–water partition coefficient (Wildman–Crippen LogP) is 4.09. The zero-order chi connectivity index (χ0) is 14.5. The number of halogens is 1. The third-order valence-corrected chi connectivity index (χ3v) is 3.47. The van der Waals surface area contributed by atoms with Gasteiger partial charge in [-0.05, 0) is 52.7 Å². The monoisotopic (exact) mass is 337 g/mol. The third-order valence-electron chi connectivity index (χ3n) is 2.85. The minimum Gasteiger partial charge on any atom is -0.497 e. The van der Waals surface area contributed by atoms with Crippen molar-refractivity contribution in [1.82, 2.24) is 4.98 Å². The molecule has 2 rings (SSSR count). The lowest BCUT2D eigenvalue weighted by Gasteiger charge is -2.10. The van der Waals surface area contributed by atoms with Crippen molar-refractivity contribution < 1.29 is 14.6 Å². The van der Waals surface area contributed by atoms with Crippen LogP contribution in [-0.4, -0.2) is 17.2 Å². The lowest BCUT2D eigenvalue weighted by atomic mass is 10.2. The van der Waals surface area contributed by atoms with Crippen LogP contribution >= 0.6 is 15.9 Å². The van der Waals surface area contributed by atoms with Crippen LogP contribution in [0.2, 0.25) is 0 Å². The molecule has 0 bridgehead atoms. The standard InChI is InChI=1S/C15H16BrNO3/c1-3-14(18)13-6-4-11(9-17-13)20-15-7-5-10(19-2)8-12(15)16/h4-9,14,18H,3H2,1-2H3. The Morgan fingerprint density at radius 2 is 2.00 bits per heavy atom. The van der Waals surface area contributed by atoms with Crippen LogP contribution in [0.5, 0.6) is 17.2 Å². The van der Waals surface area contributed by atoms with E-state index in [2.05, 4.69) is 20.9 Å². The first kappa shape index (κ1) is 14.8. The van der Waals surface area contributed by atoms with Gasteiger partial charge in [0.05, 0.1) is 29.6 Å². The summed E-state index contributed by atoms with van der Waals surface area (Å²) < 4.78 is 11.7. The molecule has 0 amide bonds. The number of hydrogen-bond acceptors (Lipinski definition) is 4. The van der Waals surface area contributed by atoms with Crippen LogP contribution in [0.1, 0.15) is 25.1 Å². The number of rotatable bonds is 5. The Balaban J connectivity index is 2.14. The van der Waals surface area contributed by atoms with Gasteiger partial charge in [0.25, 0.3) is 0 Å². The molecule has 0 fully saturated rings. The Morgan fingerprint density at radius 3 is 2.55 bits per heavy atom. The molecule has 0 radical (unpaired) electrons. The Bertz CT molecular complexity index is 572. The van der Waals surface area contributed by atoms with Crippen molar-refractivity contribution >= 4 is 15.9 Å². The minimum absolute atomic E-state index is 0.531. The van der Waals surface area contributed by atoms with E-state index in [9.17, 15) is 5.11 Å². The molecule has 0 aliphatic heterocycles. The van der Waals surface area contributed by atoms with E-state index in [4.69, 9.17) is 9.47 Å². The van der Waals surface area contributed by atoms with Crippen LogP contribution in [0.25, 0.3) is 0 Å². The highest BCUT2D eigenvalue weighted by Gasteiger charge is 2.08. The van der Waals surface area contributed by atoms with Crippen LogP contribution in [0.4, 0.5) is 0 Å². The molecule has 0 saturated heterocycles. The molecule has 1 aromatic carbocycles. The average molecular weight is 338 g/mol. The van der Waals surface area contributed by atoms with Gasteiger partial charge in [-0.15, -0.1) is 0 Å². The van der Waals surface area contributed by atoms with Crippen LogP contribution in [0, 0.1) is 0 Å². The maximum Gasteiger partial charge on any atom is 0.145 e. The van der Waals surface area contributed by atoms with Gasteiger partial charge >= 0.3 is 0 Å². The maximum atomic E-state index is 9.69. The van der Waals surface area contributed by atoms with Gasteiger partial charge in [0.1, 0.15) is 17.2 Å². The van der Waals surface area contributed by atoms with Crippen molar-refractivity contribution in [2.24, 2.45) is 0 Å². The van der Waals surface area contributed by atoms with Gasteiger partial charge in [-0.25, -0.2) is 0 Å². The van der Waals surface area contributed by atoms with Gasteiger partial charge in [-0.1, -0.05) is 6.92 Å². The first-order valence-electron chi connectivity index (χ1n) is 6.29. The summed E-state index contributed by atoms with van der Waals surface area (Å²) in [4.78, 5) is 4.19. The Morgan fingerprint density at radius 1 is 1.25 bits per heavy atom. The van der Waals surface area contributed by atoms with Crippen molar-refractivity contribution in [3.63, 3.8) is 0 Å². The predicted molar refractivity (Wildman–Crippen MR) is 80.3 cm³/mol. The fourth-order valence-corrected chi connectivity index (χ4v) is 2.12. The van der Waals surface area contributed by atoms with E-state index in [0.29, 0.717) is 23.6 Å². The quantitative estimate of drug-likeness (QED) is 0.892. The van der Waals surface area contributed by atoms with Crippen molar-refractivity contribution in [1.29, 1.82) is 0 Å². The topological polar surface area (TPSA) is 51.6 Å². The van der Waals surface area contributed by atoms with Gasteiger partial charge in [0.15, 0.2) is 0 Å². The molecule has 2 aromatic rings. The van der Waals surface area contributed by atoms with Crippen molar-refractivity contribution in [3.05, 3.63) is 46.7 Å². The van der Waals surface area contributed by atoms with Crippen molar-refractivity contribution in [2.75, 3.05) is 7.11 Å². The molecule has 106 valence electrons. The summed E-state index contributed by atoms with van der Waals surface area (Å²) in [6.45, 7) is 1.91. The third kappa shape index (κ3) is 3.49. The summed E-state index contributed by atoms with van der Waals surface area (Å²) in [7, 11) is 1.62.